The third-order valence-corrected chi connectivity index (χ3v) is 8.00. The van der Waals surface area contributed by atoms with Crippen molar-refractivity contribution in [1.29, 1.82) is 0 Å². The number of piperidine rings is 1. The molecule has 0 radical (unpaired) electrons. The van der Waals surface area contributed by atoms with Crippen LogP contribution in [0.15, 0.2) is 74.0 Å². The van der Waals surface area contributed by atoms with E-state index >= 15 is 0 Å². The van der Waals surface area contributed by atoms with Gasteiger partial charge in [-0.2, -0.15) is 5.10 Å². The topological polar surface area (TPSA) is 110 Å². The number of pyridine rings is 2. The van der Waals surface area contributed by atoms with E-state index < -0.39 is 0 Å². The number of carbonyl (C=O) groups excluding carboxylic acids is 1. The number of hydrogen-bond donors (Lipinski definition) is 1. The van der Waals surface area contributed by atoms with Crippen LogP contribution in [0.1, 0.15) is 42.9 Å². The Morgan fingerprint density at radius 1 is 1.05 bits per heavy atom. The van der Waals surface area contributed by atoms with E-state index in [1.165, 1.54) is 12.4 Å². The van der Waals surface area contributed by atoms with Gasteiger partial charge < -0.3 is 15.0 Å². The zero-order valence-corrected chi connectivity index (χ0v) is 22.1. The van der Waals surface area contributed by atoms with Gasteiger partial charge in [-0.15, -0.1) is 0 Å². The Bertz CT molecular complexity index is 1750. The van der Waals surface area contributed by atoms with Crippen molar-refractivity contribution in [2.24, 2.45) is 0 Å². The van der Waals surface area contributed by atoms with Crippen molar-refractivity contribution >= 4 is 34.1 Å². The first-order valence-corrected chi connectivity index (χ1v) is 13.5. The minimum atomic E-state index is 0.0420. The molecule has 0 saturated carbocycles. The molecule has 10 nitrogen and oxygen atoms in total. The Morgan fingerprint density at radius 2 is 1.90 bits per heavy atom. The predicted octanol–water partition coefficient (Wildman–Crippen LogP) is 5.33. The quantitative estimate of drug-likeness (QED) is 0.292. The van der Waals surface area contributed by atoms with Crippen molar-refractivity contribution in [3.63, 3.8) is 0 Å². The lowest BCUT2D eigenvalue weighted by molar-refractivity contribution is -0.130. The molecule has 2 saturated heterocycles. The Kier molecular flexibility index (Phi) is 5.87. The molecule has 1 aromatic carbocycles. The molecule has 40 heavy (non-hydrogen) atoms. The summed E-state index contributed by atoms with van der Waals surface area (Å²) in [4.78, 5) is 32.7. The summed E-state index contributed by atoms with van der Waals surface area (Å²) in [5.41, 5.74) is 5.10. The van der Waals surface area contributed by atoms with E-state index in [0.29, 0.717) is 17.5 Å². The Labute approximate surface area is 230 Å². The summed E-state index contributed by atoms with van der Waals surface area (Å²) < 4.78 is 7.81. The number of aryl methyl sites for hydroxylation is 1. The molecule has 2 fully saturated rings. The van der Waals surface area contributed by atoms with Crippen molar-refractivity contribution < 1.29 is 9.53 Å². The SMILES string of the molecule is C=CC(=O)N1C2CCC1CC(c1ccc3ncnc(Nc4ccc(Oc5ccn6ncnc6c5)c(C)c4)c3n1)C2. The zero-order chi connectivity index (χ0) is 27.2. The molecule has 6 heterocycles. The fourth-order valence-electron chi connectivity index (χ4n) is 6.12. The number of hydrogen-bond acceptors (Lipinski definition) is 8. The van der Waals surface area contributed by atoms with Crippen LogP contribution in [0.25, 0.3) is 16.7 Å². The largest absolute Gasteiger partial charge is 0.457 e. The fourth-order valence-corrected chi connectivity index (χ4v) is 6.12. The fraction of sp³-hybridized carbons (Fsp3) is 0.267. The van der Waals surface area contributed by atoms with Crippen LogP contribution in [0.4, 0.5) is 11.5 Å². The number of nitrogens with zero attached hydrogens (tertiary/aromatic N) is 7. The molecule has 2 atom stereocenters. The molecule has 2 unspecified atom stereocenters. The summed E-state index contributed by atoms with van der Waals surface area (Å²) in [6, 6.07) is 14.2. The highest BCUT2D eigenvalue weighted by atomic mass is 16.5. The maximum absolute atomic E-state index is 12.4. The van der Waals surface area contributed by atoms with Crippen LogP contribution >= 0.6 is 0 Å². The molecular weight excluding hydrogens is 504 g/mol. The molecule has 2 bridgehead atoms. The number of aromatic nitrogens is 6. The molecule has 0 spiro atoms. The summed E-state index contributed by atoms with van der Waals surface area (Å²) in [6.07, 6.45) is 10.2. The number of ether oxygens (including phenoxy) is 1. The number of anilines is 2. The van der Waals surface area contributed by atoms with Gasteiger partial charge in [-0.1, -0.05) is 6.58 Å². The minimum Gasteiger partial charge on any atom is -0.457 e. The maximum atomic E-state index is 12.4. The first-order chi connectivity index (χ1) is 19.6. The Balaban J connectivity index is 1.12. The molecule has 1 N–H and O–H groups in total. The number of amides is 1. The molecule has 2 aliphatic rings. The van der Waals surface area contributed by atoms with Gasteiger partial charge in [-0.25, -0.2) is 24.5 Å². The molecule has 4 aromatic heterocycles. The molecule has 1 amide bonds. The number of rotatable bonds is 6. The number of carbonyl (C=O) groups is 1. The molecule has 7 rings (SSSR count). The van der Waals surface area contributed by atoms with E-state index in [-0.39, 0.29) is 18.0 Å². The molecule has 5 aromatic rings. The van der Waals surface area contributed by atoms with Crippen molar-refractivity contribution in [2.45, 2.75) is 50.6 Å². The highest BCUT2D eigenvalue weighted by molar-refractivity contribution is 5.88. The van der Waals surface area contributed by atoms with Gasteiger partial charge in [0.25, 0.3) is 0 Å². The lowest BCUT2D eigenvalue weighted by Crippen LogP contribution is -2.45. The van der Waals surface area contributed by atoms with Crippen LogP contribution in [0.2, 0.25) is 0 Å². The van der Waals surface area contributed by atoms with Gasteiger partial charge in [0.05, 0.1) is 5.52 Å². The van der Waals surface area contributed by atoms with Crippen LogP contribution in [-0.4, -0.2) is 52.4 Å². The van der Waals surface area contributed by atoms with Crippen LogP contribution in [0, 0.1) is 6.92 Å². The van der Waals surface area contributed by atoms with E-state index in [1.807, 2.05) is 54.4 Å². The lowest BCUT2D eigenvalue weighted by atomic mass is 9.87. The first kappa shape index (κ1) is 24.2. The Hall–Kier alpha value is -4.86. The minimum absolute atomic E-state index is 0.0420. The van der Waals surface area contributed by atoms with Gasteiger partial charge in [0.2, 0.25) is 5.91 Å². The van der Waals surface area contributed by atoms with Crippen molar-refractivity contribution in [1.82, 2.24) is 34.4 Å². The highest BCUT2D eigenvalue weighted by Gasteiger charge is 2.43. The van der Waals surface area contributed by atoms with Crippen LogP contribution in [0.5, 0.6) is 11.5 Å². The van der Waals surface area contributed by atoms with Gasteiger partial charge in [0.1, 0.15) is 29.7 Å². The van der Waals surface area contributed by atoms with Crippen molar-refractivity contribution in [3.05, 3.63) is 85.2 Å². The normalized spacial score (nSPS) is 20.1. The maximum Gasteiger partial charge on any atom is 0.246 e. The smallest absolute Gasteiger partial charge is 0.246 e. The van der Waals surface area contributed by atoms with Crippen LogP contribution in [0.3, 0.4) is 0 Å². The van der Waals surface area contributed by atoms with Gasteiger partial charge in [0.15, 0.2) is 11.5 Å². The van der Waals surface area contributed by atoms with E-state index in [0.717, 1.165) is 65.1 Å². The third-order valence-electron chi connectivity index (χ3n) is 8.00. The summed E-state index contributed by atoms with van der Waals surface area (Å²) in [5, 5.41) is 7.55. The van der Waals surface area contributed by atoms with E-state index in [9.17, 15) is 4.79 Å². The summed E-state index contributed by atoms with van der Waals surface area (Å²) in [7, 11) is 0. The second kappa shape index (κ2) is 9.71. The average molecular weight is 533 g/mol. The summed E-state index contributed by atoms with van der Waals surface area (Å²) in [5.74, 6) is 2.42. The number of nitrogens with one attached hydrogen (secondary N) is 1. The summed E-state index contributed by atoms with van der Waals surface area (Å²) >= 11 is 0. The predicted molar refractivity (Wildman–Crippen MR) is 151 cm³/mol. The molecule has 200 valence electrons. The van der Waals surface area contributed by atoms with Crippen molar-refractivity contribution in [3.8, 4) is 11.5 Å². The first-order valence-electron chi connectivity index (χ1n) is 13.5. The van der Waals surface area contributed by atoms with Gasteiger partial charge in [-0.3, -0.25) is 4.79 Å². The van der Waals surface area contributed by atoms with Gasteiger partial charge in [0, 0.05) is 41.6 Å². The number of benzene rings is 1. The highest BCUT2D eigenvalue weighted by Crippen LogP contribution is 2.43. The number of fused-ring (bicyclic) bond motifs is 4. The second-order valence-corrected chi connectivity index (χ2v) is 10.5. The third kappa shape index (κ3) is 4.31. The molecule has 2 aliphatic heterocycles. The molecular formula is C30H28N8O2. The van der Waals surface area contributed by atoms with E-state index in [2.05, 4.69) is 38.0 Å². The lowest BCUT2D eigenvalue weighted by Gasteiger charge is -2.38. The van der Waals surface area contributed by atoms with E-state index in [1.54, 1.807) is 10.8 Å². The van der Waals surface area contributed by atoms with E-state index in [4.69, 9.17) is 9.72 Å². The van der Waals surface area contributed by atoms with Crippen LogP contribution in [-0.2, 0) is 4.79 Å². The molecule has 0 aliphatic carbocycles. The Morgan fingerprint density at radius 3 is 2.70 bits per heavy atom. The van der Waals surface area contributed by atoms with Gasteiger partial charge >= 0.3 is 0 Å². The van der Waals surface area contributed by atoms with Crippen LogP contribution < -0.4 is 10.1 Å². The molecule has 10 heteroatoms. The van der Waals surface area contributed by atoms with Gasteiger partial charge in [-0.05, 0) is 80.6 Å². The zero-order valence-electron chi connectivity index (χ0n) is 22.1. The standard InChI is InChI=1S/C30H28N8O2/c1-3-28(39)38-21-5-6-22(38)14-19(13-21)24-7-8-25-29(36-24)30(33-16-31-25)35-20-4-9-26(18(2)12-20)40-23-10-11-37-27(15-23)32-17-34-37/h3-4,7-12,15-17,19,21-22H,1,5-6,13-14H2,2H3,(H,31,33,35). The van der Waals surface area contributed by atoms with Crippen molar-refractivity contribution in [2.75, 3.05) is 5.32 Å². The average Bonchev–Trinajstić information content (AvgIpc) is 3.54. The monoisotopic (exact) mass is 532 g/mol. The second-order valence-electron chi connectivity index (χ2n) is 10.5. The summed E-state index contributed by atoms with van der Waals surface area (Å²) in [6.45, 7) is 5.69.